The van der Waals surface area contributed by atoms with Crippen molar-refractivity contribution in [2.24, 2.45) is 4.99 Å². The zero-order valence-electron chi connectivity index (χ0n) is 15.5. The topological polar surface area (TPSA) is 40.1 Å². The molecule has 146 valence electrons. The fraction of sp³-hybridized carbons (Fsp3) is 0.611. The van der Waals surface area contributed by atoms with Crippen molar-refractivity contribution in [1.29, 1.82) is 0 Å². The zero-order chi connectivity index (χ0) is 19.2. The number of hydrogen-bond donors (Lipinski definition) is 1. The molecule has 2 rings (SSSR count). The number of benzene rings is 1. The van der Waals surface area contributed by atoms with Gasteiger partial charge in [-0.25, -0.2) is 4.99 Å². The minimum Gasteiger partial charge on any atom is -0.496 e. The fourth-order valence-electron chi connectivity index (χ4n) is 2.95. The summed E-state index contributed by atoms with van der Waals surface area (Å²) < 4.78 is 44.0. The van der Waals surface area contributed by atoms with E-state index in [0.717, 1.165) is 17.3 Å². The lowest BCUT2D eigenvalue weighted by Crippen LogP contribution is -2.56. The van der Waals surface area contributed by atoms with Gasteiger partial charge >= 0.3 is 6.18 Å². The molecule has 1 aromatic carbocycles. The lowest BCUT2D eigenvalue weighted by molar-refractivity contribution is -0.181. The molecule has 0 aromatic heterocycles. The number of ether oxygens (including phenoxy) is 1. The van der Waals surface area contributed by atoms with Crippen molar-refractivity contribution in [1.82, 2.24) is 15.1 Å². The van der Waals surface area contributed by atoms with E-state index in [-0.39, 0.29) is 0 Å². The Morgan fingerprint density at radius 3 is 2.46 bits per heavy atom. The zero-order valence-corrected chi connectivity index (χ0v) is 15.5. The first-order valence-electron chi connectivity index (χ1n) is 8.82. The van der Waals surface area contributed by atoms with Crippen LogP contribution in [0.1, 0.15) is 19.4 Å². The van der Waals surface area contributed by atoms with Gasteiger partial charge in [0.15, 0.2) is 5.96 Å². The number of aliphatic imine (C=N–C) groups is 1. The van der Waals surface area contributed by atoms with Crippen molar-refractivity contribution < 1.29 is 17.9 Å². The minimum absolute atomic E-state index is 0.361. The Bertz CT molecular complexity index is 598. The third-order valence-corrected chi connectivity index (χ3v) is 4.56. The number of nitrogens with zero attached hydrogens (tertiary/aromatic N) is 3. The number of alkyl halides is 3. The van der Waals surface area contributed by atoms with Gasteiger partial charge in [0.25, 0.3) is 0 Å². The lowest BCUT2D eigenvalue weighted by atomic mass is 10.2. The van der Waals surface area contributed by atoms with E-state index in [2.05, 4.69) is 10.3 Å². The third-order valence-electron chi connectivity index (χ3n) is 4.56. The summed E-state index contributed by atoms with van der Waals surface area (Å²) in [6.45, 7) is 6.09. The first kappa shape index (κ1) is 20.4. The second kappa shape index (κ2) is 9.12. The molecular formula is C18H27F3N4O. The highest BCUT2D eigenvalue weighted by Crippen LogP contribution is 2.25. The number of nitrogens with one attached hydrogen (secondary N) is 1. The summed E-state index contributed by atoms with van der Waals surface area (Å²) in [6, 6.07) is 6.25. The van der Waals surface area contributed by atoms with E-state index in [0.29, 0.717) is 39.3 Å². The first-order chi connectivity index (χ1) is 12.4. The predicted molar refractivity (Wildman–Crippen MR) is 96.5 cm³/mol. The van der Waals surface area contributed by atoms with E-state index in [9.17, 15) is 13.2 Å². The van der Waals surface area contributed by atoms with Crippen LogP contribution < -0.4 is 10.1 Å². The average Bonchev–Trinajstić information content (AvgIpc) is 2.64. The van der Waals surface area contributed by atoms with Gasteiger partial charge in [0.05, 0.1) is 13.7 Å². The molecule has 0 saturated carbocycles. The van der Waals surface area contributed by atoms with Gasteiger partial charge in [0, 0.05) is 38.3 Å². The molecule has 0 aliphatic carbocycles. The number of methoxy groups -OCH3 is 1. The summed E-state index contributed by atoms with van der Waals surface area (Å²) in [4.78, 5) is 8.13. The Morgan fingerprint density at radius 1 is 1.23 bits per heavy atom. The molecule has 1 aromatic rings. The normalized spacial score (nSPS) is 17.9. The van der Waals surface area contributed by atoms with Gasteiger partial charge in [-0.05, 0) is 19.9 Å². The second-order valence-corrected chi connectivity index (χ2v) is 6.22. The third kappa shape index (κ3) is 5.27. The Balaban J connectivity index is 2.02. The van der Waals surface area contributed by atoms with Crippen LogP contribution in [-0.4, -0.2) is 67.8 Å². The number of rotatable bonds is 5. The maximum absolute atomic E-state index is 12.9. The molecule has 1 heterocycles. The molecule has 1 saturated heterocycles. The van der Waals surface area contributed by atoms with Crippen LogP contribution in [0.15, 0.2) is 29.3 Å². The Labute approximate surface area is 152 Å². The molecule has 1 aliphatic rings. The molecule has 26 heavy (non-hydrogen) atoms. The van der Waals surface area contributed by atoms with Crippen LogP contribution in [0.5, 0.6) is 5.75 Å². The molecule has 1 N–H and O–H groups in total. The molecule has 1 aliphatic heterocycles. The van der Waals surface area contributed by atoms with Crippen LogP contribution in [0.4, 0.5) is 13.2 Å². The van der Waals surface area contributed by atoms with Crippen LogP contribution in [0.2, 0.25) is 0 Å². The van der Waals surface area contributed by atoms with Crippen LogP contribution in [0.3, 0.4) is 0 Å². The fourth-order valence-corrected chi connectivity index (χ4v) is 2.95. The molecule has 0 bridgehead atoms. The van der Waals surface area contributed by atoms with Crippen molar-refractivity contribution >= 4 is 5.96 Å². The first-order valence-corrected chi connectivity index (χ1v) is 8.82. The molecule has 5 nitrogen and oxygen atoms in total. The molecule has 0 radical (unpaired) electrons. The van der Waals surface area contributed by atoms with Crippen LogP contribution in [0.25, 0.3) is 0 Å². The lowest BCUT2D eigenvalue weighted by Gasteiger charge is -2.39. The van der Waals surface area contributed by atoms with Crippen molar-refractivity contribution in [3.63, 3.8) is 0 Å². The van der Waals surface area contributed by atoms with Crippen molar-refractivity contribution in [2.45, 2.75) is 32.6 Å². The summed E-state index contributed by atoms with van der Waals surface area (Å²) in [6.07, 6.45) is -4.19. The van der Waals surface area contributed by atoms with Gasteiger partial charge in [0.2, 0.25) is 0 Å². The van der Waals surface area contributed by atoms with Gasteiger partial charge in [-0.15, -0.1) is 0 Å². The van der Waals surface area contributed by atoms with E-state index >= 15 is 0 Å². The molecule has 8 heteroatoms. The summed E-state index contributed by atoms with van der Waals surface area (Å²) in [5.74, 6) is 1.49. The molecule has 0 amide bonds. The Hall–Kier alpha value is -1.96. The summed E-state index contributed by atoms with van der Waals surface area (Å²) in [7, 11) is 1.62. The summed E-state index contributed by atoms with van der Waals surface area (Å²) >= 11 is 0. The maximum atomic E-state index is 12.9. The van der Waals surface area contributed by atoms with Crippen LogP contribution in [0, 0.1) is 0 Å². The highest BCUT2D eigenvalue weighted by Gasteiger charge is 2.41. The van der Waals surface area contributed by atoms with E-state index in [4.69, 9.17) is 4.74 Å². The molecule has 1 fully saturated rings. The standard InChI is InChI=1S/C18H27F3N4O/c1-4-22-17(23-13-15-7-5-6-8-16(15)26-3)25-11-9-24(10-12-25)14(2)18(19,20)21/h5-8,14H,4,9-13H2,1-3H3,(H,22,23). The van der Waals surface area contributed by atoms with Gasteiger partial charge in [-0.1, -0.05) is 18.2 Å². The molecule has 1 unspecified atom stereocenters. The van der Waals surface area contributed by atoms with Gasteiger partial charge in [-0.3, -0.25) is 4.90 Å². The quantitative estimate of drug-likeness (QED) is 0.637. The number of guanidine groups is 1. The van der Waals surface area contributed by atoms with Crippen molar-refractivity contribution in [3.8, 4) is 5.75 Å². The van der Waals surface area contributed by atoms with Gasteiger partial charge in [-0.2, -0.15) is 13.2 Å². The summed E-state index contributed by atoms with van der Waals surface area (Å²) in [5, 5.41) is 3.23. The maximum Gasteiger partial charge on any atom is 0.403 e. The highest BCUT2D eigenvalue weighted by molar-refractivity contribution is 5.80. The van der Waals surface area contributed by atoms with E-state index < -0.39 is 12.2 Å². The smallest absolute Gasteiger partial charge is 0.403 e. The SMILES string of the molecule is CCNC(=NCc1ccccc1OC)N1CCN(C(C)C(F)(F)F)CC1. The highest BCUT2D eigenvalue weighted by atomic mass is 19.4. The van der Waals surface area contributed by atoms with Crippen molar-refractivity contribution in [2.75, 3.05) is 39.8 Å². The molecule has 1 atom stereocenters. The molecular weight excluding hydrogens is 345 g/mol. The number of hydrogen-bond acceptors (Lipinski definition) is 3. The largest absolute Gasteiger partial charge is 0.496 e. The van der Waals surface area contributed by atoms with Gasteiger partial charge < -0.3 is 15.0 Å². The second-order valence-electron chi connectivity index (χ2n) is 6.22. The van der Waals surface area contributed by atoms with Gasteiger partial charge in [0.1, 0.15) is 11.8 Å². The van der Waals surface area contributed by atoms with Crippen LogP contribution in [-0.2, 0) is 6.54 Å². The summed E-state index contributed by atoms with van der Waals surface area (Å²) in [5.41, 5.74) is 0.967. The van der Waals surface area contributed by atoms with E-state index in [1.54, 1.807) is 7.11 Å². The van der Waals surface area contributed by atoms with Crippen molar-refractivity contribution in [3.05, 3.63) is 29.8 Å². The van der Waals surface area contributed by atoms with E-state index in [1.807, 2.05) is 36.1 Å². The number of para-hydroxylation sites is 1. The Morgan fingerprint density at radius 2 is 1.88 bits per heavy atom. The predicted octanol–water partition coefficient (Wildman–Crippen LogP) is 2.73. The average molecular weight is 372 g/mol. The molecule has 0 spiro atoms. The minimum atomic E-state index is -4.19. The number of halogens is 3. The monoisotopic (exact) mass is 372 g/mol. The van der Waals surface area contributed by atoms with E-state index in [1.165, 1.54) is 11.8 Å². The number of piperazine rings is 1. The van der Waals surface area contributed by atoms with Crippen LogP contribution >= 0.6 is 0 Å². The Kier molecular flexibility index (Phi) is 7.14.